The Hall–Kier alpha value is -1.79. The Morgan fingerprint density at radius 3 is 2.16 bits per heavy atom. The summed E-state index contributed by atoms with van der Waals surface area (Å²) in [6, 6.07) is -0.633. The number of carboxylic acid groups (broad SMARTS) is 2. The normalized spacial score (nSPS) is 12.6. The molecule has 0 spiro atoms. The monoisotopic (exact) mass is 275 g/mol. The van der Waals surface area contributed by atoms with Crippen molar-refractivity contribution < 1.29 is 29.3 Å². The van der Waals surface area contributed by atoms with Gasteiger partial charge in [-0.05, 0) is 33.6 Å². The van der Waals surface area contributed by atoms with Crippen LogP contribution in [0, 0.1) is 0 Å². The Morgan fingerprint density at radius 1 is 1.16 bits per heavy atom. The van der Waals surface area contributed by atoms with Crippen molar-refractivity contribution in [1.29, 1.82) is 0 Å². The SMILES string of the molecule is CC(C)(C)OC(=O)N[C@H](CCCC(=O)O)CC(=O)O. The van der Waals surface area contributed by atoms with Gasteiger partial charge in [0.05, 0.1) is 6.42 Å². The molecule has 0 fully saturated rings. The Morgan fingerprint density at radius 2 is 1.74 bits per heavy atom. The van der Waals surface area contributed by atoms with Gasteiger partial charge in [0.1, 0.15) is 5.60 Å². The van der Waals surface area contributed by atoms with Gasteiger partial charge < -0.3 is 20.3 Å². The molecule has 0 rings (SSSR count). The van der Waals surface area contributed by atoms with Gasteiger partial charge in [0, 0.05) is 12.5 Å². The van der Waals surface area contributed by atoms with E-state index >= 15 is 0 Å². The molecule has 110 valence electrons. The molecule has 0 saturated carbocycles. The molecule has 1 atom stereocenters. The number of amides is 1. The van der Waals surface area contributed by atoms with E-state index in [1.807, 2.05) is 0 Å². The third-order valence-corrected chi connectivity index (χ3v) is 2.09. The minimum Gasteiger partial charge on any atom is -0.481 e. The lowest BCUT2D eigenvalue weighted by Crippen LogP contribution is -2.40. The van der Waals surface area contributed by atoms with Crippen LogP contribution in [0.3, 0.4) is 0 Å². The molecular weight excluding hydrogens is 254 g/mol. The first kappa shape index (κ1) is 17.2. The molecule has 0 aromatic carbocycles. The van der Waals surface area contributed by atoms with Crippen molar-refractivity contribution in [3.63, 3.8) is 0 Å². The van der Waals surface area contributed by atoms with Crippen LogP contribution in [0.5, 0.6) is 0 Å². The van der Waals surface area contributed by atoms with Crippen LogP contribution >= 0.6 is 0 Å². The maximum atomic E-state index is 11.5. The van der Waals surface area contributed by atoms with Crippen molar-refractivity contribution >= 4 is 18.0 Å². The van der Waals surface area contributed by atoms with Crippen LogP contribution < -0.4 is 5.32 Å². The van der Waals surface area contributed by atoms with Crippen LogP contribution in [0.15, 0.2) is 0 Å². The van der Waals surface area contributed by atoms with E-state index in [0.717, 1.165) is 0 Å². The highest BCUT2D eigenvalue weighted by atomic mass is 16.6. The zero-order valence-electron chi connectivity index (χ0n) is 11.4. The zero-order chi connectivity index (χ0) is 15.1. The van der Waals surface area contributed by atoms with E-state index in [9.17, 15) is 14.4 Å². The molecule has 0 bridgehead atoms. The Labute approximate surface area is 111 Å². The fraction of sp³-hybridized carbons (Fsp3) is 0.750. The molecule has 7 heteroatoms. The number of carboxylic acids is 2. The first-order valence-corrected chi connectivity index (χ1v) is 6.03. The van der Waals surface area contributed by atoms with Gasteiger partial charge in [-0.25, -0.2) is 4.79 Å². The first-order chi connectivity index (χ1) is 8.60. The second kappa shape index (κ2) is 7.60. The molecule has 0 aliphatic heterocycles. The molecule has 0 heterocycles. The molecule has 0 saturated heterocycles. The predicted molar refractivity (Wildman–Crippen MR) is 66.9 cm³/mol. The quantitative estimate of drug-likeness (QED) is 0.650. The highest BCUT2D eigenvalue weighted by Gasteiger charge is 2.21. The number of aliphatic carboxylic acids is 2. The fourth-order valence-corrected chi connectivity index (χ4v) is 1.41. The molecule has 3 N–H and O–H groups in total. The van der Waals surface area contributed by atoms with Crippen LogP contribution in [0.2, 0.25) is 0 Å². The molecule has 0 aromatic heterocycles. The van der Waals surface area contributed by atoms with E-state index < -0.39 is 29.7 Å². The van der Waals surface area contributed by atoms with Crippen LogP contribution in [0.1, 0.15) is 46.5 Å². The van der Waals surface area contributed by atoms with Crippen molar-refractivity contribution in [2.24, 2.45) is 0 Å². The number of ether oxygens (including phenoxy) is 1. The maximum absolute atomic E-state index is 11.5. The second-order valence-corrected chi connectivity index (χ2v) is 5.23. The smallest absolute Gasteiger partial charge is 0.407 e. The van der Waals surface area contributed by atoms with E-state index in [2.05, 4.69) is 5.32 Å². The minimum atomic E-state index is -1.06. The van der Waals surface area contributed by atoms with E-state index in [-0.39, 0.29) is 19.3 Å². The number of rotatable bonds is 7. The molecular formula is C12H21NO6. The number of carbonyl (C=O) groups excluding carboxylic acids is 1. The summed E-state index contributed by atoms with van der Waals surface area (Å²) in [5.41, 5.74) is -0.668. The number of hydrogen-bond acceptors (Lipinski definition) is 4. The molecule has 1 amide bonds. The summed E-state index contributed by atoms with van der Waals surface area (Å²) in [5, 5.41) is 19.7. The topological polar surface area (TPSA) is 113 Å². The molecule has 0 aromatic rings. The van der Waals surface area contributed by atoms with Crippen molar-refractivity contribution in [2.45, 2.75) is 58.1 Å². The maximum Gasteiger partial charge on any atom is 0.407 e. The van der Waals surface area contributed by atoms with Gasteiger partial charge in [-0.3, -0.25) is 9.59 Å². The highest BCUT2D eigenvalue weighted by molar-refractivity contribution is 5.71. The number of hydrogen-bond donors (Lipinski definition) is 3. The standard InChI is InChI=1S/C12H21NO6/c1-12(2,3)19-11(18)13-8(7-10(16)17)5-4-6-9(14)15/h8H,4-7H2,1-3H3,(H,13,18)(H,14,15)(H,16,17)/t8-/m1/s1. The molecule has 0 aliphatic carbocycles. The van der Waals surface area contributed by atoms with Crippen molar-refractivity contribution in [3.8, 4) is 0 Å². The van der Waals surface area contributed by atoms with Gasteiger partial charge in [-0.2, -0.15) is 0 Å². The minimum absolute atomic E-state index is 0.0634. The number of carbonyl (C=O) groups is 3. The van der Waals surface area contributed by atoms with Crippen LogP contribution in [0.25, 0.3) is 0 Å². The third-order valence-electron chi connectivity index (χ3n) is 2.09. The zero-order valence-corrected chi connectivity index (χ0v) is 11.4. The second-order valence-electron chi connectivity index (χ2n) is 5.23. The van der Waals surface area contributed by atoms with Crippen molar-refractivity contribution in [3.05, 3.63) is 0 Å². The third kappa shape index (κ3) is 11.1. The molecule has 7 nitrogen and oxygen atoms in total. The molecule has 0 unspecified atom stereocenters. The van der Waals surface area contributed by atoms with Gasteiger partial charge in [-0.15, -0.1) is 0 Å². The van der Waals surface area contributed by atoms with Gasteiger partial charge in [0.2, 0.25) is 0 Å². The summed E-state index contributed by atoms with van der Waals surface area (Å²) in [7, 11) is 0. The lowest BCUT2D eigenvalue weighted by molar-refractivity contribution is -0.137. The largest absolute Gasteiger partial charge is 0.481 e. The lowest BCUT2D eigenvalue weighted by Gasteiger charge is -2.22. The van der Waals surface area contributed by atoms with Gasteiger partial charge >= 0.3 is 18.0 Å². The van der Waals surface area contributed by atoms with E-state index in [1.165, 1.54) is 0 Å². The van der Waals surface area contributed by atoms with Crippen molar-refractivity contribution in [2.75, 3.05) is 0 Å². The lowest BCUT2D eigenvalue weighted by atomic mass is 10.1. The average Bonchev–Trinajstić information content (AvgIpc) is 2.11. The van der Waals surface area contributed by atoms with Gasteiger partial charge in [-0.1, -0.05) is 0 Å². The Balaban J connectivity index is 4.29. The van der Waals surface area contributed by atoms with Crippen LogP contribution in [-0.4, -0.2) is 39.9 Å². The summed E-state index contributed by atoms with van der Waals surface area (Å²) in [6.07, 6.45) is -0.458. The Bertz CT molecular complexity index is 334. The highest BCUT2D eigenvalue weighted by Crippen LogP contribution is 2.09. The molecule has 19 heavy (non-hydrogen) atoms. The van der Waals surface area contributed by atoms with E-state index in [0.29, 0.717) is 6.42 Å². The Kier molecular flexibility index (Phi) is 6.89. The molecule has 0 aliphatic rings. The molecule has 0 radical (unpaired) electrons. The summed E-state index contributed by atoms with van der Waals surface area (Å²) in [4.78, 5) is 32.6. The fourth-order valence-electron chi connectivity index (χ4n) is 1.41. The van der Waals surface area contributed by atoms with E-state index in [4.69, 9.17) is 14.9 Å². The van der Waals surface area contributed by atoms with Crippen molar-refractivity contribution in [1.82, 2.24) is 5.32 Å². The van der Waals surface area contributed by atoms with Crippen LogP contribution in [-0.2, 0) is 14.3 Å². The van der Waals surface area contributed by atoms with Gasteiger partial charge in [0.15, 0.2) is 0 Å². The average molecular weight is 275 g/mol. The van der Waals surface area contributed by atoms with Gasteiger partial charge in [0.25, 0.3) is 0 Å². The van der Waals surface area contributed by atoms with E-state index in [1.54, 1.807) is 20.8 Å². The predicted octanol–water partition coefficient (Wildman–Crippen LogP) is 1.61. The number of nitrogens with one attached hydrogen (secondary N) is 1. The summed E-state index contributed by atoms with van der Waals surface area (Å²) < 4.78 is 5.02. The summed E-state index contributed by atoms with van der Waals surface area (Å²) in [5.74, 6) is -2.01. The van der Waals surface area contributed by atoms with Crippen LogP contribution in [0.4, 0.5) is 4.79 Å². The summed E-state index contributed by atoms with van der Waals surface area (Å²) >= 11 is 0. The number of alkyl carbamates (subject to hydrolysis) is 1. The summed E-state index contributed by atoms with van der Waals surface area (Å²) in [6.45, 7) is 5.09. The first-order valence-electron chi connectivity index (χ1n) is 6.03.